The van der Waals surface area contributed by atoms with E-state index in [0.717, 1.165) is 30.5 Å². The van der Waals surface area contributed by atoms with Crippen molar-refractivity contribution in [3.63, 3.8) is 0 Å². The van der Waals surface area contributed by atoms with E-state index in [0.29, 0.717) is 11.3 Å². The molecule has 24 heavy (non-hydrogen) atoms. The number of aromatic hydroxyl groups is 2. The van der Waals surface area contributed by atoms with Crippen LogP contribution in [0.15, 0.2) is 24.3 Å². The summed E-state index contributed by atoms with van der Waals surface area (Å²) >= 11 is 0. The molecule has 0 radical (unpaired) electrons. The zero-order valence-corrected chi connectivity index (χ0v) is 13.6. The van der Waals surface area contributed by atoms with Crippen LogP contribution in [0, 0.1) is 0 Å². The van der Waals surface area contributed by atoms with Gasteiger partial charge in [0.25, 0.3) is 0 Å². The molecule has 0 amide bonds. The molecule has 0 bridgehead atoms. The zero-order valence-electron chi connectivity index (χ0n) is 13.6. The maximum absolute atomic E-state index is 12.5. The highest BCUT2D eigenvalue weighted by Gasteiger charge is 2.35. The molecule has 5 heteroatoms. The number of phenols is 2. The Labute approximate surface area is 140 Å². The van der Waals surface area contributed by atoms with Crippen LogP contribution in [0.3, 0.4) is 0 Å². The molecule has 4 nitrogen and oxygen atoms in total. The lowest BCUT2D eigenvalue weighted by molar-refractivity contribution is 0.226. The fourth-order valence-electron chi connectivity index (χ4n) is 3.96. The normalized spacial score (nSPS) is 18.8. The van der Waals surface area contributed by atoms with Crippen LogP contribution in [0.25, 0.3) is 11.1 Å². The Morgan fingerprint density at radius 3 is 2.88 bits per heavy atom. The molecule has 2 N–H and O–H groups in total. The summed E-state index contributed by atoms with van der Waals surface area (Å²) < 4.78 is 18.0. The zero-order chi connectivity index (χ0) is 16.8. The fourth-order valence-corrected chi connectivity index (χ4v) is 3.96. The van der Waals surface area contributed by atoms with Crippen LogP contribution in [-0.2, 0) is 12.8 Å². The van der Waals surface area contributed by atoms with E-state index in [1.54, 1.807) is 0 Å². The van der Waals surface area contributed by atoms with Gasteiger partial charge in [-0.1, -0.05) is 6.07 Å². The van der Waals surface area contributed by atoms with E-state index in [1.807, 2.05) is 18.2 Å². The van der Waals surface area contributed by atoms with Crippen molar-refractivity contribution in [2.24, 2.45) is 0 Å². The molecule has 2 aromatic carbocycles. The predicted octanol–water partition coefficient (Wildman–Crippen LogP) is 3.20. The Morgan fingerprint density at radius 2 is 2.08 bits per heavy atom. The van der Waals surface area contributed by atoms with Gasteiger partial charge in [-0.05, 0) is 60.3 Å². The van der Waals surface area contributed by atoms with Crippen molar-refractivity contribution in [1.29, 1.82) is 0 Å². The molecule has 0 fully saturated rings. The third-order valence-corrected chi connectivity index (χ3v) is 5.11. The number of hydrogen-bond acceptors (Lipinski definition) is 4. The first kappa shape index (κ1) is 15.3. The minimum Gasteiger partial charge on any atom is -0.504 e. The second kappa shape index (κ2) is 5.67. The Bertz CT molecular complexity index is 806. The summed E-state index contributed by atoms with van der Waals surface area (Å²) in [4.78, 5) is 2.32. The summed E-state index contributed by atoms with van der Waals surface area (Å²) in [6.45, 7) is 0.421. The Balaban J connectivity index is 1.95. The van der Waals surface area contributed by atoms with Crippen LogP contribution in [-0.4, -0.2) is 42.0 Å². The van der Waals surface area contributed by atoms with E-state index in [4.69, 9.17) is 4.74 Å². The maximum atomic E-state index is 12.5. The molecular weight excluding hydrogens is 309 g/mol. The second-order valence-corrected chi connectivity index (χ2v) is 6.50. The number of ether oxygens (including phenoxy) is 1. The van der Waals surface area contributed by atoms with E-state index in [1.165, 1.54) is 17.2 Å². The van der Waals surface area contributed by atoms with Crippen LogP contribution in [0.1, 0.15) is 22.7 Å². The molecule has 0 spiro atoms. The minimum absolute atomic E-state index is 0.0143. The number of fused-ring (bicyclic) bond motifs is 2. The van der Waals surface area contributed by atoms with Gasteiger partial charge in [0.1, 0.15) is 19.0 Å². The maximum Gasteiger partial charge on any atom is 0.165 e. The van der Waals surface area contributed by atoms with Gasteiger partial charge in [-0.2, -0.15) is 0 Å². The van der Waals surface area contributed by atoms with Gasteiger partial charge in [0.2, 0.25) is 0 Å². The number of rotatable bonds is 3. The van der Waals surface area contributed by atoms with Gasteiger partial charge in [-0.15, -0.1) is 0 Å². The first-order valence-corrected chi connectivity index (χ1v) is 8.20. The lowest BCUT2D eigenvalue weighted by atomic mass is 9.76. The molecular formula is C19H20FNO3. The highest BCUT2D eigenvalue weighted by molar-refractivity contribution is 5.83. The van der Waals surface area contributed by atoms with E-state index in [2.05, 4.69) is 11.9 Å². The van der Waals surface area contributed by atoms with Gasteiger partial charge in [0.15, 0.2) is 11.5 Å². The summed E-state index contributed by atoms with van der Waals surface area (Å²) in [5.74, 6) is 0.393. The smallest absolute Gasteiger partial charge is 0.165 e. The topological polar surface area (TPSA) is 52.9 Å². The molecule has 2 aromatic rings. The van der Waals surface area contributed by atoms with Gasteiger partial charge in [0, 0.05) is 18.2 Å². The number of halogens is 1. The van der Waals surface area contributed by atoms with Crippen LogP contribution in [0.2, 0.25) is 0 Å². The van der Waals surface area contributed by atoms with E-state index < -0.39 is 6.67 Å². The highest BCUT2D eigenvalue weighted by atomic mass is 19.1. The minimum atomic E-state index is -0.541. The molecule has 2 aliphatic rings. The summed E-state index contributed by atoms with van der Waals surface area (Å²) in [5, 5.41) is 20.4. The first-order chi connectivity index (χ1) is 11.6. The third kappa shape index (κ3) is 2.23. The van der Waals surface area contributed by atoms with Crippen molar-refractivity contribution >= 4 is 0 Å². The highest BCUT2D eigenvalue weighted by Crippen LogP contribution is 2.51. The average Bonchev–Trinajstić information content (AvgIpc) is 2.59. The molecule has 1 aliphatic heterocycles. The molecule has 126 valence electrons. The summed E-state index contributed by atoms with van der Waals surface area (Å²) in [6.07, 6.45) is 1.68. The van der Waals surface area contributed by atoms with Crippen LogP contribution < -0.4 is 4.74 Å². The number of benzene rings is 2. The quantitative estimate of drug-likeness (QED) is 0.849. The van der Waals surface area contributed by atoms with Crippen molar-refractivity contribution in [2.45, 2.75) is 18.9 Å². The lowest BCUT2D eigenvalue weighted by Gasteiger charge is -2.40. The standard InChI is InChI=1S/C19H20FNO3/c1-21-6-4-12-8-13(24-7-5-20)10-14-17(12)15(21)9-11-2-3-16(22)19(23)18(11)14/h2-3,8,10,15,22-23H,4-7,9H2,1H3. The van der Waals surface area contributed by atoms with Crippen molar-refractivity contribution in [3.05, 3.63) is 41.0 Å². The van der Waals surface area contributed by atoms with Gasteiger partial charge >= 0.3 is 0 Å². The monoisotopic (exact) mass is 329 g/mol. The lowest BCUT2D eigenvalue weighted by Crippen LogP contribution is -2.35. The van der Waals surface area contributed by atoms with Crippen LogP contribution in [0.4, 0.5) is 4.39 Å². The Kier molecular flexibility index (Phi) is 3.61. The summed E-state index contributed by atoms with van der Waals surface area (Å²) in [7, 11) is 2.11. The SMILES string of the molecule is CN1CCc2cc(OCCF)cc3c2C1Cc1ccc(O)c(O)c1-3. The van der Waals surface area contributed by atoms with Gasteiger partial charge in [0.05, 0.1) is 0 Å². The van der Waals surface area contributed by atoms with Crippen molar-refractivity contribution in [3.8, 4) is 28.4 Å². The molecule has 1 aliphatic carbocycles. The van der Waals surface area contributed by atoms with E-state index in [9.17, 15) is 14.6 Å². The molecule has 1 heterocycles. The van der Waals surface area contributed by atoms with Gasteiger partial charge in [-0.3, -0.25) is 4.90 Å². The number of likely N-dealkylation sites (N-methyl/N-ethyl adjacent to an activating group) is 1. The molecule has 0 aromatic heterocycles. The summed E-state index contributed by atoms with van der Waals surface area (Å²) in [5.41, 5.74) is 4.92. The largest absolute Gasteiger partial charge is 0.504 e. The van der Waals surface area contributed by atoms with Crippen molar-refractivity contribution in [1.82, 2.24) is 4.90 Å². The molecule has 1 atom stereocenters. The molecule has 0 saturated heterocycles. The van der Waals surface area contributed by atoms with E-state index >= 15 is 0 Å². The molecule has 4 rings (SSSR count). The van der Waals surface area contributed by atoms with Gasteiger partial charge < -0.3 is 14.9 Å². The Hall–Kier alpha value is -2.27. The molecule has 1 unspecified atom stereocenters. The summed E-state index contributed by atoms with van der Waals surface area (Å²) in [6, 6.07) is 7.49. The average molecular weight is 329 g/mol. The van der Waals surface area contributed by atoms with Crippen molar-refractivity contribution < 1.29 is 19.3 Å². The number of nitrogens with zero attached hydrogens (tertiary/aromatic N) is 1. The van der Waals surface area contributed by atoms with Crippen LogP contribution >= 0.6 is 0 Å². The number of phenolic OH excluding ortho intramolecular Hbond substituents is 2. The Morgan fingerprint density at radius 1 is 1.25 bits per heavy atom. The predicted molar refractivity (Wildman–Crippen MR) is 89.5 cm³/mol. The fraction of sp³-hybridized carbons (Fsp3) is 0.368. The second-order valence-electron chi connectivity index (χ2n) is 6.50. The number of alkyl halides is 1. The molecule has 0 saturated carbocycles. The first-order valence-electron chi connectivity index (χ1n) is 8.20. The third-order valence-electron chi connectivity index (χ3n) is 5.11. The van der Waals surface area contributed by atoms with E-state index in [-0.39, 0.29) is 24.1 Å². The number of hydrogen-bond donors (Lipinski definition) is 2. The van der Waals surface area contributed by atoms with Crippen molar-refractivity contribution in [2.75, 3.05) is 26.9 Å². The van der Waals surface area contributed by atoms with Gasteiger partial charge in [-0.25, -0.2) is 4.39 Å². The van der Waals surface area contributed by atoms with Crippen LogP contribution in [0.5, 0.6) is 17.2 Å².